The Hall–Kier alpha value is -1.66. The summed E-state index contributed by atoms with van der Waals surface area (Å²) < 4.78 is 7.72. The van der Waals surface area contributed by atoms with Gasteiger partial charge in [0, 0.05) is 6.54 Å². The summed E-state index contributed by atoms with van der Waals surface area (Å²) in [7, 11) is 0. The SMILES string of the molecule is CC1CC(NCC(c2ccco2)N2CCCC2)c2ncnn21. The van der Waals surface area contributed by atoms with Crippen LogP contribution in [0.15, 0.2) is 29.1 Å². The van der Waals surface area contributed by atoms with Crippen LogP contribution in [0.2, 0.25) is 0 Å². The number of fused-ring (bicyclic) bond motifs is 1. The largest absolute Gasteiger partial charge is 0.468 e. The van der Waals surface area contributed by atoms with E-state index in [0.717, 1.165) is 37.6 Å². The summed E-state index contributed by atoms with van der Waals surface area (Å²) in [6.45, 7) is 5.40. The van der Waals surface area contributed by atoms with Gasteiger partial charge in [0.2, 0.25) is 0 Å². The minimum atomic E-state index is 0.289. The molecule has 2 aromatic heterocycles. The third-order valence-electron chi connectivity index (χ3n) is 4.92. The fourth-order valence-corrected chi connectivity index (χ4v) is 3.77. The summed E-state index contributed by atoms with van der Waals surface area (Å²) in [5.74, 6) is 2.12. The smallest absolute Gasteiger partial charge is 0.144 e. The van der Waals surface area contributed by atoms with Crippen LogP contribution in [0.1, 0.15) is 55.9 Å². The molecule has 0 radical (unpaired) electrons. The van der Waals surface area contributed by atoms with Crippen molar-refractivity contribution >= 4 is 0 Å². The van der Waals surface area contributed by atoms with Crippen LogP contribution in [-0.4, -0.2) is 39.3 Å². The molecule has 4 heterocycles. The molecule has 6 heteroatoms. The fourth-order valence-electron chi connectivity index (χ4n) is 3.77. The van der Waals surface area contributed by atoms with Crippen molar-refractivity contribution in [2.75, 3.05) is 19.6 Å². The number of hydrogen-bond donors (Lipinski definition) is 1. The highest BCUT2D eigenvalue weighted by Crippen LogP contribution is 2.32. The maximum Gasteiger partial charge on any atom is 0.144 e. The van der Waals surface area contributed by atoms with E-state index in [1.165, 1.54) is 12.8 Å². The molecule has 0 amide bonds. The Labute approximate surface area is 130 Å². The predicted molar refractivity (Wildman–Crippen MR) is 82.3 cm³/mol. The molecule has 4 rings (SSSR count). The molecule has 0 saturated carbocycles. The van der Waals surface area contributed by atoms with Crippen molar-refractivity contribution in [3.63, 3.8) is 0 Å². The van der Waals surface area contributed by atoms with Gasteiger partial charge in [-0.3, -0.25) is 4.90 Å². The summed E-state index contributed by atoms with van der Waals surface area (Å²) in [4.78, 5) is 6.94. The highest BCUT2D eigenvalue weighted by Gasteiger charge is 2.32. The van der Waals surface area contributed by atoms with Gasteiger partial charge in [-0.25, -0.2) is 9.67 Å². The highest BCUT2D eigenvalue weighted by atomic mass is 16.3. The molecule has 1 N–H and O–H groups in total. The topological polar surface area (TPSA) is 59.1 Å². The van der Waals surface area contributed by atoms with Crippen LogP contribution >= 0.6 is 0 Å². The molecular formula is C16H23N5O. The van der Waals surface area contributed by atoms with Gasteiger partial charge < -0.3 is 9.73 Å². The molecule has 6 nitrogen and oxygen atoms in total. The Morgan fingerprint density at radius 2 is 2.27 bits per heavy atom. The van der Waals surface area contributed by atoms with Crippen molar-refractivity contribution in [2.45, 2.75) is 44.3 Å². The molecule has 22 heavy (non-hydrogen) atoms. The second kappa shape index (κ2) is 5.85. The van der Waals surface area contributed by atoms with Crippen molar-refractivity contribution in [1.82, 2.24) is 25.0 Å². The van der Waals surface area contributed by atoms with Gasteiger partial charge in [-0.1, -0.05) is 0 Å². The van der Waals surface area contributed by atoms with Crippen LogP contribution in [0.25, 0.3) is 0 Å². The summed E-state index contributed by atoms with van der Waals surface area (Å²) in [5.41, 5.74) is 0. The first-order chi connectivity index (χ1) is 10.8. The Bertz CT molecular complexity index is 602. The molecule has 0 aromatic carbocycles. The van der Waals surface area contributed by atoms with E-state index in [0.29, 0.717) is 12.1 Å². The molecule has 0 bridgehead atoms. The summed E-state index contributed by atoms with van der Waals surface area (Å²) in [5, 5.41) is 8.01. The van der Waals surface area contributed by atoms with E-state index in [1.807, 2.05) is 10.7 Å². The van der Waals surface area contributed by atoms with Gasteiger partial charge in [0.05, 0.1) is 24.4 Å². The number of likely N-dealkylation sites (tertiary alicyclic amines) is 1. The van der Waals surface area contributed by atoms with Crippen LogP contribution in [-0.2, 0) is 0 Å². The Balaban J connectivity index is 1.47. The molecular weight excluding hydrogens is 278 g/mol. The van der Waals surface area contributed by atoms with Crippen molar-refractivity contribution in [1.29, 1.82) is 0 Å². The summed E-state index contributed by atoms with van der Waals surface area (Å²) in [6.07, 6.45) is 7.05. The Kier molecular flexibility index (Phi) is 3.72. The molecule has 1 fully saturated rings. The van der Waals surface area contributed by atoms with Crippen molar-refractivity contribution in [3.05, 3.63) is 36.3 Å². The van der Waals surface area contributed by atoms with Crippen LogP contribution in [0, 0.1) is 0 Å². The highest BCUT2D eigenvalue weighted by molar-refractivity contribution is 5.08. The quantitative estimate of drug-likeness (QED) is 0.918. The van der Waals surface area contributed by atoms with E-state index in [-0.39, 0.29) is 6.04 Å². The first-order valence-corrected chi connectivity index (χ1v) is 8.23. The van der Waals surface area contributed by atoms with Gasteiger partial charge in [0.1, 0.15) is 17.9 Å². The van der Waals surface area contributed by atoms with Gasteiger partial charge in [-0.15, -0.1) is 0 Å². The normalized spacial score (nSPS) is 26.4. The lowest BCUT2D eigenvalue weighted by Gasteiger charge is -2.27. The predicted octanol–water partition coefficient (Wildman–Crippen LogP) is 2.30. The minimum absolute atomic E-state index is 0.289. The maximum absolute atomic E-state index is 5.68. The van der Waals surface area contributed by atoms with Gasteiger partial charge in [0.15, 0.2) is 0 Å². The van der Waals surface area contributed by atoms with Gasteiger partial charge >= 0.3 is 0 Å². The molecule has 0 aliphatic carbocycles. The minimum Gasteiger partial charge on any atom is -0.468 e. The number of rotatable bonds is 5. The summed E-state index contributed by atoms with van der Waals surface area (Å²) in [6, 6.07) is 5.09. The van der Waals surface area contributed by atoms with E-state index >= 15 is 0 Å². The molecule has 1 saturated heterocycles. The first kappa shape index (κ1) is 14.0. The lowest BCUT2D eigenvalue weighted by Crippen LogP contribution is -2.35. The van der Waals surface area contributed by atoms with E-state index < -0.39 is 0 Å². The zero-order chi connectivity index (χ0) is 14.9. The van der Waals surface area contributed by atoms with E-state index in [9.17, 15) is 0 Å². The van der Waals surface area contributed by atoms with Gasteiger partial charge in [-0.05, 0) is 51.4 Å². The van der Waals surface area contributed by atoms with Crippen LogP contribution in [0.5, 0.6) is 0 Å². The number of furan rings is 1. The maximum atomic E-state index is 5.68. The van der Waals surface area contributed by atoms with Crippen molar-refractivity contribution in [2.24, 2.45) is 0 Å². The second-order valence-electron chi connectivity index (χ2n) is 6.38. The number of nitrogens with zero attached hydrogens (tertiary/aromatic N) is 4. The molecule has 118 valence electrons. The standard InChI is InChI=1S/C16H23N5O/c1-12-9-13(16-18-11-19-21(12)16)17-10-14(15-5-4-8-22-15)20-6-2-3-7-20/h4-5,8,11-14,17H,2-3,6-7,9-10H2,1H3. The van der Waals surface area contributed by atoms with Crippen LogP contribution in [0.4, 0.5) is 0 Å². The van der Waals surface area contributed by atoms with Crippen molar-refractivity contribution in [3.8, 4) is 0 Å². The average molecular weight is 301 g/mol. The molecule has 2 aliphatic rings. The zero-order valence-corrected chi connectivity index (χ0v) is 13.0. The molecule has 2 aliphatic heterocycles. The number of nitrogens with one attached hydrogen (secondary N) is 1. The lowest BCUT2D eigenvalue weighted by atomic mass is 10.1. The lowest BCUT2D eigenvalue weighted by molar-refractivity contribution is 0.204. The van der Waals surface area contributed by atoms with E-state index in [4.69, 9.17) is 4.42 Å². The van der Waals surface area contributed by atoms with E-state index in [1.54, 1.807) is 12.6 Å². The molecule has 0 spiro atoms. The third-order valence-corrected chi connectivity index (χ3v) is 4.92. The second-order valence-corrected chi connectivity index (χ2v) is 6.38. The first-order valence-electron chi connectivity index (χ1n) is 8.23. The van der Waals surface area contributed by atoms with E-state index in [2.05, 4.69) is 33.3 Å². The monoisotopic (exact) mass is 301 g/mol. The Morgan fingerprint density at radius 3 is 3.05 bits per heavy atom. The average Bonchev–Trinajstić information content (AvgIpc) is 3.27. The fraction of sp³-hybridized carbons (Fsp3) is 0.625. The molecule has 3 atom stereocenters. The summed E-state index contributed by atoms with van der Waals surface area (Å²) >= 11 is 0. The molecule has 3 unspecified atom stereocenters. The number of hydrogen-bond acceptors (Lipinski definition) is 5. The Morgan fingerprint density at radius 1 is 1.41 bits per heavy atom. The number of aromatic nitrogens is 3. The van der Waals surface area contributed by atoms with Crippen LogP contribution < -0.4 is 5.32 Å². The van der Waals surface area contributed by atoms with Crippen LogP contribution in [0.3, 0.4) is 0 Å². The third kappa shape index (κ3) is 2.46. The van der Waals surface area contributed by atoms with Gasteiger partial charge in [-0.2, -0.15) is 5.10 Å². The van der Waals surface area contributed by atoms with Crippen molar-refractivity contribution < 1.29 is 4.42 Å². The van der Waals surface area contributed by atoms with Gasteiger partial charge in [0.25, 0.3) is 0 Å². The zero-order valence-electron chi connectivity index (χ0n) is 13.0. The molecule has 2 aromatic rings.